The molecule has 0 N–H and O–H groups in total. The van der Waals surface area contributed by atoms with E-state index in [2.05, 4.69) is 0 Å². The van der Waals surface area contributed by atoms with Gasteiger partial charge in [-0.05, 0) is 45.0 Å². The van der Waals surface area contributed by atoms with Crippen molar-refractivity contribution >= 4 is 15.7 Å². The molecule has 0 amide bonds. The van der Waals surface area contributed by atoms with E-state index in [9.17, 15) is 18.5 Å². The van der Waals surface area contributed by atoms with Crippen LogP contribution >= 0.6 is 0 Å². The highest BCUT2D eigenvalue weighted by atomic mass is 32.2. The fourth-order valence-electron chi connectivity index (χ4n) is 3.17. The number of nitro groups is 1. The molecule has 0 aromatic heterocycles. The average molecular weight is 369 g/mol. The summed E-state index contributed by atoms with van der Waals surface area (Å²) in [6.45, 7) is 1.58. The summed E-state index contributed by atoms with van der Waals surface area (Å²) in [7, 11) is 0.173. The quantitative estimate of drug-likeness (QED) is 0.520. The van der Waals surface area contributed by atoms with Crippen LogP contribution in [-0.2, 0) is 10.0 Å². The number of non-ortho nitro benzene ring substituents is 1. The summed E-state index contributed by atoms with van der Waals surface area (Å²) in [4.78, 5) is 12.3. The van der Waals surface area contributed by atoms with E-state index in [1.807, 2.05) is 19.0 Å². The molecule has 0 unspecified atom stereocenters. The number of nitrogens with zero attached hydrogens (tertiary/aromatic N) is 3. The zero-order valence-corrected chi connectivity index (χ0v) is 15.7. The van der Waals surface area contributed by atoms with E-state index in [1.165, 1.54) is 30.7 Å². The van der Waals surface area contributed by atoms with E-state index in [1.54, 1.807) is 4.31 Å². The Morgan fingerprint density at radius 3 is 2.20 bits per heavy atom. The van der Waals surface area contributed by atoms with Crippen molar-refractivity contribution in [3.8, 4) is 0 Å². The molecule has 7 nitrogen and oxygen atoms in total. The fourth-order valence-corrected chi connectivity index (χ4v) is 4.67. The van der Waals surface area contributed by atoms with Gasteiger partial charge in [0, 0.05) is 31.8 Å². The first-order valence-electron chi connectivity index (χ1n) is 8.70. The van der Waals surface area contributed by atoms with Gasteiger partial charge in [0.1, 0.15) is 0 Å². The molecule has 0 radical (unpaired) electrons. The van der Waals surface area contributed by atoms with E-state index in [0.717, 1.165) is 25.7 Å². The smallest absolute Gasteiger partial charge is 0.269 e. The summed E-state index contributed by atoms with van der Waals surface area (Å²) in [5.74, 6) is 0.392. The summed E-state index contributed by atoms with van der Waals surface area (Å²) in [6.07, 6.45) is 5.67. The van der Waals surface area contributed by atoms with E-state index >= 15 is 0 Å². The van der Waals surface area contributed by atoms with Gasteiger partial charge in [0.05, 0.1) is 9.82 Å². The van der Waals surface area contributed by atoms with Crippen molar-refractivity contribution in [1.29, 1.82) is 0 Å². The predicted octanol–water partition coefficient (Wildman–Crippen LogP) is 2.73. The summed E-state index contributed by atoms with van der Waals surface area (Å²) in [6, 6.07) is 5.16. The maximum absolute atomic E-state index is 13.0. The number of benzene rings is 1. The van der Waals surface area contributed by atoms with Crippen LogP contribution in [-0.4, -0.2) is 56.3 Å². The van der Waals surface area contributed by atoms with Gasteiger partial charge >= 0.3 is 0 Å². The summed E-state index contributed by atoms with van der Waals surface area (Å²) >= 11 is 0. The van der Waals surface area contributed by atoms with Gasteiger partial charge in [0.2, 0.25) is 10.0 Å². The first-order chi connectivity index (χ1) is 11.8. The lowest BCUT2D eigenvalue weighted by atomic mass is 9.89. The molecule has 0 spiro atoms. The Balaban J connectivity index is 2.21. The zero-order chi connectivity index (χ0) is 18.4. The van der Waals surface area contributed by atoms with Gasteiger partial charge in [0.25, 0.3) is 5.69 Å². The van der Waals surface area contributed by atoms with Gasteiger partial charge in [-0.15, -0.1) is 0 Å². The topological polar surface area (TPSA) is 83.8 Å². The van der Waals surface area contributed by atoms with Crippen LogP contribution in [0.25, 0.3) is 0 Å². The molecular formula is C17H27N3O4S. The maximum Gasteiger partial charge on any atom is 0.269 e. The predicted molar refractivity (Wildman–Crippen MR) is 97.0 cm³/mol. The highest BCUT2D eigenvalue weighted by Crippen LogP contribution is 2.27. The highest BCUT2D eigenvalue weighted by Gasteiger charge is 2.28. The molecule has 1 fully saturated rings. The van der Waals surface area contributed by atoms with Crippen molar-refractivity contribution < 1.29 is 13.3 Å². The first kappa shape index (κ1) is 19.8. The Kier molecular flexibility index (Phi) is 6.92. The number of nitro benzene ring substituents is 1. The third kappa shape index (κ3) is 5.49. The second-order valence-corrected chi connectivity index (χ2v) is 8.86. The molecule has 25 heavy (non-hydrogen) atoms. The second-order valence-electron chi connectivity index (χ2n) is 6.92. The van der Waals surface area contributed by atoms with Gasteiger partial charge in [-0.25, -0.2) is 8.42 Å². The van der Waals surface area contributed by atoms with Gasteiger partial charge in [-0.3, -0.25) is 10.1 Å². The lowest BCUT2D eigenvalue weighted by molar-refractivity contribution is -0.384. The first-order valence-corrected chi connectivity index (χ1v) is 10.1. The standard InChI is InChI=1S/C17H27N3O4S/c1-18(2)12-13-19(14-15-6-4-3-5-7-15)25(23,24)17-10-8-16(9-11-17)20(21)22/h8-11,15H,3-7,12-14H2,1-2H3. The molecule has 0 bridgehead atoms. The molecule has 0 heterocycles. The van der Waals surface area contributed by atoms with Crippen molar-refractivity contribution in [2.75, 3.05) is 33.7 Å². The van der Waals surface area contributed by atoms with Gasteiger partial charge < -0.3 is 4.90 Å². The van der Waals surface area contributed by atoms with Gasteiger partial charge in [0.15, 0.2) is 0 Å². The largest absolute Gasteiger partial charge is 0.308 e. The molecule has 8 heteroatoms. The molecule has 0 saturated heterocycles. The molecule has 1 aliphatic rings. The molecule has 1 aliphatic carbocycles. The van der Waals surface area contributed by atoms with Crippen molar-refractivity contribution in [3.63, 3.8) is 0 Å². The van der Waals surface area contributed by atoms with E-state index in [4.69, 9.17) is 0 Å². The zero-order valence-electron chi connectivity index (χ0n) is 14.9. The number of hydrogen-bond donors (Lipinski definition) is 0. The minimum atomic E-state index is -3.65. The normalized spacial score (nSPS) is 16.5. The van der Waals surface area contributed by atoms with E-state index in [0.29, 0.717) is 25.6 Å². The second kappa shape index (κ2) is 8.73. The molecule has 0 atom stereocenters. The van der Waals surface area contributed by atoms with Crippen LogP contribution in [0.4, 0.5) is 5.69 Å². The van der Waals surface area contributed by atoms with Crippen molar-refractivity contribution in [3.05, 3.63) is 34.4 Å². The van der Waals surface area contributed by atoms with Crippen LogP contribution in [0.3, 0.4) is 0 Å². The Labute approximate surface area is 149 Å². The van der Waals surface area contributed by atoms with Crippen molar-refractivity contribution in [1.82, 2.24) is 9.21 Å². The van der Waals surface area contributed by atoms with Crippen LogP contribution in [0.2, 0.25) is 0 Å². The Morgan fingerprint density at radius 2 is 1.68 bits per heavy atom. The monoisotopic (exact) mass is 369 g/mol. The molecular weight excluding hydrogens is 342 g/mol. The van der Waals surface area contributed by atoms with Crippen LogP contribution in [0.1, 0.15) is 32.1 Å². The minimum Gasteiger partial charge on any atom is -0.308 e. The number of sulfonamides is 1. The van der Waals surface area contributed by atoms with Crippen LogP contribution < -0.4 is 0 Å². The fraction of sp³-hybridized carbons (Fsp3) is 0.647. The Morgan fingerprint density at radius 1 is 1.08 bits per heavy atom. The minimum absolute atomic E-state index is 0.105. The van der Waals surface area contributed by atoms with E-state index < -0.39 is 14.9 Å². The van der Waals surface area contributed by atoms with Gasteiger partial charge in [-0.2, -0.15) is 4.31 Å². The number of rotatable bonds is 8. The molecule has 1 saturated carbocycles. The van der Waals surface area contributed by atoms with Crippen molar-refractivity contribution in [2.45, 2.75) is 37.0 Å². The number of hydrogen-bond acceptors (Lipinski definition) is 5. The lowest BCUT2D eigenvalue weighted by Gasteiger charge is -2.30. The molecule has 140 valence electrons. The van der Waals surface area contributed by atoms with E-state index in [-0.39, 0.29) is 10.6 Å². The summed E-state index contributed by atoms with van der Waals surface area (Å²) < 4.78 is 27.6. The van der Waals surface area contributed by atoms with Crippen LogP contribution in [0.5, 0.6) is 0 Å². The average Bonchev–Trinajstić information content (AvgIpc) is 2.59. The lowest BCUT2D eigenvalue weighted by Crippen LogP contribution is -2.40. The Bertz CT molecular complexity index is 668. The van der Waals surface area contributed by atoms with Crippen molar-refractivity contribution in [2.24, 2.45) is 5.92 Å². The molecule has 1 aromatic carbocycles. The maximum atomic E-state index is 13.0. The number of likely N-dealkylation sites (N-methyl/N-ethyl adjacent to an activating group) is 1. The highest BCUT2D eigenvalue weighted by molar-refractivity contribution is 7.89. The van der Waals surface area contributed by atoms with Crippen LogP contribution in [0.15, 0.2) is 29.2 Å². The summed E-state index contributed by atoms with van der Waals surface area (Å²) in [5.41, 5.74) is -0.105. The molecule has 1 aromatic rings. The van der Waals surface area contributed by atoms with Gasteiger partial charge in [-0.1, -0.05) is 19.3 Å². The third-order valence-corrected chi connectivity index (χ3v) is 6.55. The third-order valence-electron chi connectivity index (χ3n) is 4.67. The Hall–Kier alpha value is -1.51. The van der Waals surface area contributed by atoms with Crippen LogP contribution in [0, 0.1) is 16.0 Å². The molecule has 0 aliphatic heterocycles. The molecule has 2 rings (SSSR count). The summed E-state index contributed by atoms with van der Waals surface area (Å²) in [5, 5.41) is 10.8. The SMILES string of the molecule is CN(C)CCN(CC1CCCCC1)S(=O)(=O)c1ccc([N+](=O)[O-])cc1.